The molecule has 4 aliphatic carbocycles. The normalized spacial score (nSPS) is 20.2. The Balaban J connectivity index is 0.000000215. The minimum atomic E-state index is -0.391. The van der Waals surface area contributed by atoms with Crippen molar-refractivity contribution in [2.24, 2.45) is 38.3 Å². The number of nitriles is 1. The summed E-state index contributed by atoms with van der Waals surface area (Å²) in [5, 5.41) is 51.9. The van der Waals surface area contributed by atoms with Crippen LogP contribution in [0.3, 0.4) is 0 Å². The average Bonchev–Trinajstić information content (AvgIpc) is 3.81. The molecule has 7 N–H and O–H groups in total. The molecule has 0 bridgehead atoms. The number of aromatic nitrogens is 4. The molecule has 4 aliphatic rings. The maximum Gasteiger partial charge on any atom is 0.323 e. The van der Waals surface area contributed by atoms with E-state index in [4.69, 9.17) is 21.9 Å². The van der Waals surface area contributed by atoms with Gasteiger partial charge in [0.25, 0.3) is 0 Å². The Morgan fingerprint density at radius 3 is 1.37 bits per heavy atom. The van der Waals surface area contributed by atoms with Gasteiger partial charge in [0.2, 0.25) is 19.6 Å². The smallest absolute Gasteiger partial charge is 0.323 e. The van der Waals surface area contributed by atoms with E-state index in [9.17, 15) is 39.9 Å². The van der Waals surface area contributed by atoms with Gasteiger partial charge in [-0.2, -0.15) is 14.0 Å². The lowest BCUT2D eigenvalue weighted by Crippen LogP contribution is -2.36. The number of oxime groups is 1. The van der Waals surface area contributed by atoms with Crippen molar-refractivity contribution < 1.29 is 20.0 Å². The van der Waals surface area contributed by atoms with Crippen LogP contribution in [0.5, 0.6) is 0 Å². The largest absolute Gasteiger partial charge is 0.409 e. The Kier molecular flexibility index (Phi) is 20.7. The van der Waals surface area contributed by atoms with Crippen molar-refractivity contribution in [2.45, 2.75) is 154 Å². The fourth-order valence-corrected chi connectivity index (χ4v) is 10.6. The SMILES string of the molecule is N#CCC1(C[N+](=O)[O-])CCCCC1.N/C(CC1(C[N+](=O)[O-])CCCCC1)=N\O.NCC1(Cc2nsc(=O)[nH]2)CCCCC1.O=c1[nH]c(CC2(C[N+](=O)[O-])CCCCC2)ns1. The average molecular weight is 882 g/mol. The second kappa shape index (κ2) is 24.8. The summed E-state index contributed by atoms with van der Waals surface area (Å²) in [4.78, 5) is 58.2. The number of nitro groups is 3. The van der Waals surface area contributed by atoms with E-state index in [-0.39, 0.29) is 66.2 Å². The maximum atomic E-state index is 11.0. The second-order valence-electron chi connectivity index (χ2n) is 17.5. The summed E-state index contributed by atoms with van der Waals surface area (Å²) in [6.07, 6.45) is 22.7. The van der Waals surface area contributed by atoms with Crippen molar-refractivity contribution >= 4 is 28.9 Å². The molecule has 0 saturated heterocycles. The molecular weight excluding hydrogens is 819 g/mol. The number of nitrogens with one attached hydrogen (secondary N) is 2. The van der Waals surface area contributed by atoms with Crippen molar-refractivity contribution in [3.8, 4) is 6.07 Å². The molecule has 0 spiro atoms. The summed E-state index contributed by atoms with van der Waals surface area (Å²) in [5.74, 6) is 1.51. The Bertz CT molecular complexity index is 1810. The van der Waals surface area contributed by atoms with Gasteiger partial charge in [0.1, 0.15) is 17.5 Å². The third-order valence-electron chi connectivity index (χ3n) is 12.7. The second-order valence-corrected chi connectivity index (χ2v) is 18.9. The molecule has 0 atom stereocenters. The number of H-pyrrole nitrogens is 2. The number of amidine groups is 1. The molecule has 2 aromatic heterocycles. The predicted octanol–water partition coefficient (Wildman–Crippen LogP) is 6.36. The highest BCUT2D eigenvalue weighted by Gasteiger charge is 2.40. The molecule has 0 aromatic carbocycles. The molecule has 2 aromatic rings. The van der Waals surface area contributed by atoms with Crippen molar-refractivity contribution in [1.29, 1.82) is 5.26 Å². The first-order chi connectivity index (χ1) is 28.6. The van der Waals surface area contributed by atoms with E-state index in [1.807, 2.05) is 0 Å². The van der Waals surface area contributed by atoms with Gasteiger partial charge in [0, 0.05) is 79.8 Å². The number of aromatic amines is 2. The molecule has 0 aliphatic heterocycles. The Hall–Kier alpha value is -4.36. The number of nitrogens with two attached hydrogens (primary N) is 2. The molecule has 4 saturated carbocycles. The van der Waals surface area contributed by atoms with Gasteiger partial charge < -0.3 is 16.7 Å². The third kappa shape index (κ3) is 17.3. The van der Waals surface area contributed by atoms with Crippen LogP contribution >= 0.6 is 23.1 Å². The monoisotopic (exact) mass is 881 g/mol. The van der Waals surface area contributed by atoms with Crippen LogP contribution in [0.2, 0.25) is 0 Å². The summed E-state index contributed by atoms with van der Waals surface area (Å²) < 4.78 is 8.13. The Morgan fingerprint density at radius 2 is 1.02 bits per heavy atom. The van der Waals surface area contributed by atoms with E-state index in [2.05, 4.69) is 29.9 Å². The van der Waals surface area contributed by atoms with Gasteiger partial charge in [0.05, 0.1) is 6.07 Å². The van der Waals surface area contributed by atoms with Gasteiger partial charge >= 0.3 is 9.75 Å². The zero-order valence-electron chi connectivity index (χ0n) is 34.6. The predicted molar refractivity (Wildman–Crippen MR) is 228 cm³/mol. The van der Waals surface area contributed by atoms with Crippen molar-refractivity contribution in [1.82, 2.24) is 18.7 Å². The Labute approximate surface area is 357 Å². The van der Waals surface area contributed by atoms with Crippen molar-refractivity contribution in [3.05, 3.63) is 61.3 Å². The van der Waals surface area contributed by atoms with Crippen LogP contribution in [-0.4, -0.2) is 70.7 Å². The van der Waals surface area contributed by atoms with Crippen LogP contribution in [0.15, 0.2) is 14.7 Å². The zero-order chi connectivity index (χ0) is 44.1. The minimum Gasteiger partial charge on any atom is -0.409 e. The summed E-state index contributed by atoms with van der Waals surface area (Å²) in [5.41, 5.74) is 10.5. The third-order valence-corrected chi connectivity index (χ3v) is 13.8. The molecule has 4 fully saturated rings. The minimum absolute atomic E-state index is 0.0213. The highest BCUT2D eigenvalue weighted by molar-refractivity contribution is 7.03. The highest BCUT2D eigenvalue weighted by Crippen LogP contribution is 2.41. The van der Waals surface area contributed by atoms with Crippen LogP contribution in [-0.2, 0) is 12.8 Å². The molecule has 0 amide bonds. The Morgan fingerprint density at radius 1 is 0.667 bits per heavy atom. The standard InChI is InChI=1S/C10H15N3O3S.C10H17N3OS.C9H17N3O3.C9H14N2O2/c14-9-11-8(12-17-9)6-10(7-13(15)16)4-2-1-3-5-10;11-7-10(4-2-1-3-5-10)6-8-12-9(14)15-13-8;10-8(11-13)6-9(7-12(14)15)4-2-1-3-5-9;10-7-6-9(8-11(12)13)4-2-1-3-5-9/h1-7H2,(H,11,12,14);1-7,11H2,(H,12,13,14);13H,1-7H2,(H2,10,11);1-6,8H2. The fourth-order valence-electron chi connectivity index (χ4n) is 9.62. The summed E-state index contributed by atoms with van der Waals surface area (Å²) in [7, 11) is 0. The van der Waals surface area contributed by atoms with E-state index < -0.39 is 5.41 Å². The maximum absolute atomic E-state index is 11.0. The van der Waals surface area contributed by atoms with Crippen LogP contribution < -0.4 is 21.2 Å². The molecule has 22 heteroatoms. The molecule has 60 heavy (non-hydrogen) atoms. The van der Waals surface area contributed by atoms with Gasteiger partial charge in [-0.1, -0.05) is 82.2 Å². The van der Waals surface area contributed by atoms with Gasteiger partial charge in [0.15, 0.2) is 0 Å². The molecule has 336 valence electrons. The summed E-state index contributed by atoms with van der Waals surface area (Å²) in [6, 6.07) is 2.08. The van der Waals surface area contributed by atoms with Crippen LogP contribution in [0.1, 0.15) is 153 Å². The lowest BCUT2D eigenvalue weighted by atomic mass is 9.71. The lowest BCUT2D eigenvalue weighted by molar-refractivity contribution is -0.499. The summed E-state index contributed by atoms with van der Waals surface area (Å²) >= 11 is 1.88. The molecular formula is C38H63N11O9S2. The molecule has 20 nitrogen and oxygen atoms in total. The zero-order valence-corrected chi connectivity index (χ0v) is 36.2. The van der Waals surface area contributed by atoms with E-state index in [1.54, 1.807) is 0 Å². The number of hydrogen-bond donors (Lipinski definition) is 5. The fraction of sp³-hybridized carbons (Fsp3) is 0.842. The van der Waals surface area contributed by atoms with Crippen molar-refractivity contribution in [2.75, 3.05) is 26.2 Å². The van der Waals surface area contributed by atoms with E-state index in [1.165, 1.54) is 32.1 Å². The van der Waals surface area contributed by atoms with Crippen LogP contribution in [0.25, 0.3) is 0 Å². The van der Waals surface area contributed by atoms with Gasteiger partial charge in [-0.15, -0.1) is 0 Å². The molecule has 0 unspecified atom stereocenters. The van der Waals surface area contributed by atoms with Gasteiger partial charge in [-0.25, -0.2) is 0 Å². The number of hydrogen-bond acceptors (Lipinski definition) is 16. The number of nitrogens with zero attached hydrogens (tertiary/aromatic N) is 7. The highest BCUT2D eigenvalue weighted by atomic mass is 32.1. The number of rotatable bonds is 14. The lowest BCUT2D eigenvalue weighted by Gasteiger charge is -2.35. The van der Waals surface area contributed by atoms with Crippen LogP contribution in [0, 0.1) is 63.3 Å². The van der Waals surface area contributed by atoms with Crippen molar-refractivity contribution in [3.63, 3.8) is 0 Å². The van der Waals surface area contributed by atoms with E-state index >= 15 is 0 Å². The van der Waals surface area contributed by atoms with E-state index in [0.29, 0.717) is 31.6 Å². The topological polar surface area (TPSA) is 329 Å². The molecule has 0 radical (unpaired) electrons. The van der Waals surface area contributed by atoms with Gasteiger partial charge in [-0.05, 0) is 63.3 Å². The van der Waals surface area contributed by atoms with Gasteiger partial charge in [-0.3, -0.25) is 49.9 Å². The summed E-state index contributed by atoms with van der Waals surface area (Å²) in [6.45, 7) is 0.572. The first-order valence-corrected chi connectivity index (χ1v) is 22.6. The first-order valence-electron chi connectivity index (χ1n) is 21.1. The quantitative estimate of drug-likeness (QED) is 0.0453. The molecule has 2 heterocycles. The van der Waals surface area contributed by atoms with Crippen LogP contribution in [0.4, 0.5) is 0 Å². The van der Waals surface area contributed by atoms with E-state index in [0.717, 1.165) is 132 Å². The molecule has 6 rings (SSSR count). The first kappa shape index (κ1) is 50.0.